The molecular weight excluding hydrogens is 382 g/mol. The van der Waals surface area contributed by atoms with Gasteiger partial charge in [-0.25, -0.2) is 4.98 Å². The second-order valence-electron chi connectivity index (χ2n) is 6.03. The Balaban J connectivity index is 1.47. The van der Waals surface area contributed by atoms with Crippen LogP contribution < -0.4 is 0 Å². The van der Waals surface area contributed by atoms with Gasteiger partial charge in [0.1, 0.15) is 0 Å². The van der Waals surface area contributed by atoms with Crippen molar-refractivity contribution in [3.63, 3.8) is 0 Å². The second-order valence-corrected chi connectivity index (χ2v) is 8.02. The van der Waals surface area contributed by atoms with Crippen molar-refractivity contribution < 1.29 is 4.42 Å². The molecule has 3 heterocycles. The first-order valence-corrected chi connectivity index (χ1v) is 10.2. The van der Waals surface area contributed by atoms with Crippen molar-refractivity contribution in [3.8, 4) is 5.69 Å². The van der Waals surface area contributed by atoms with Gasteiger partial charge in [0.25, 0.3) is 5.22 Å². The molecular formula is C17H17N7OS2. The normalized spacial score (nSPS) is 11.2. The molecule has 1 aromatic carbocycles. The first-order valence-electron chi connectivity index (χ1n) is 8.30. The molecule has 27 heavy (non-hydrogen) atoms. The zero-order valence-electron chi connectivity index (χ0n) is 15.1. The van der Waals surface area contributed by atoms with Crippen LogP contribution >= 0.6 is 23.1 Å². The van der Waals surface area contributed by atoms with E-state index in [1.807, 2.05) is 44.4 Å². The number of para-hydroxylation sites is 1. The summed E-state index contributed by atoms with van der Waals surface area (Å²) in [5.74, 6) is 1.81. The van der Waals surface area contributed by atoms with Crippen LogP contribution in [0.15, 0.2) is 33.2 Å². The Morgan fingerprint density at radius 2 is 1.93 bits per heavy atom. The number of hydrogen-bond acceptors (Lipinski definition) is 9. The zero-order valence-corrected chi connectivity index (χ0v) is 16.7. The third-order valence-corrected chi connectivity index (χ3v) is 5.59. The van der Waals surface area contributed by atoms with Crippen molar-refractivity contribution in [1.82, 2.24) is 35.4 Å². The molecule has 0 saturated carbocycles. The van der Waals surface area contributed by atoms with E-state index in [1.165, 1.54) is 11.8 Å². The lowest BCUT2D eigenvalue weighted by molar-refractivity contribution is 0.419. The van der Waals surface area contributed by atoms with Gasteiger partial charge in [0.2, 0.25) is 5.89 Å². The van der Waals surface area contributed by atoms with Crippen LogP contribution in [-0.4, -0.2) is 35.4 Å². The Kier molecular flexibility index (Phi) is 4.99. The van der Waals surface area contributed by atoms with Gasteiger partial charge < -0.3 is 4.42 Å². The smallest absolute Gasteiger partial charge is 0.277 e. The third kappa shape index (κ3) is 3.91. The quantitative estimate of drug-likeness (QED) is 0.456. The molecule has 0 unspecified atom stereocenters. The highest BCUT2D eigenvalue weighted by Gasteiger charge is 2.15. The molecule has 0 fully saturated rings. The van der Waals surface area contributed by atoms with E-state index in [-0.39, 0.29) is 0 Å². The lowest BCUT2D eigenvalue weighted by atomic mass is 10.1. The van der Waals surface area contributed by atoms with Gasteiger partial charge in [-0.15, -0.1) is 26.6 Å². The van der Waals surface area contributed by atoms with E-state index in [0.29, 0.717) is 23.3 Å². The third-order valence-electron chi connectivity index (χ3n) is 3.96. The molecule has 0 saturated heterocycles. The molecule has 8 nitrogen and oxygen atoms in total. The molecule has 0 aliphatic heterocycles. The maximum atomic E-state index is 5.72. The molecule has 10 heteroatoms. The largest absolute Gasteiger partial charge is 0.416 e. The number of benzene rings is 1. The standard InChI is InChI=1S/C17H17N7OS2/c1-10-5-4-6-11(2)16(10)24-14(19-22-23-24)9-27-17-21-20-15(25-17)7-13-8-26-12(3)18-13/h4-6,8H,7,9H2,1-3H3. The van der Waals surface area contributed by atoms with Gasteiger partial charge in [-0.05, 0) is 42.3 Å². The van der Waals surface area contributed by atoms with Gasteiger partial charge in [0.05, 0.1) is 28.6 Å². The van der Waals surface area contributed by atoms with Gasteiger partial charge in [0, 0.05) is 5.38 Å². The minimum Gasteiger partial charge on any atom is -0.416 e. The van der Waals surface area contributed by atoms with Crippen LogP contribution in [0.4, 0.5) is 0 Å². The molecule has 0 spiro atoms. The summed E-state index contributed by atoms with van der Waals surface area (Å²) in [6, 6.07) is 6.12. The second kappa shape index (κ2) is 7.57. The van der Waals surface area contributed by atoms with Crippen molar-refractivity contribution in [3.05, 3.63) is 57.1 Å². The number of aromatic nitrogens is 7. The van der Waals surface area contributed by atoms with Gasteiger partial charge in [-0.1, -0.05) is 30.0 Å². The number of aryl methyl sites for hydroxylation is 3. The molecule has 138 valence electrons. The first-order chi connectivity index (χ1) is 13.1. The predicted octanol–water partition coefficient (Wildman–Crippen LogP) is 3.31. The number of nitrogens with zero attached hydrogens (tertiary/aromatic N) is 7. The Hall–Kier alpha value is -2.59. The molecule has 0 aliphatic rings. The van der Waals surface area contributed by atoms with E-state index in [4.69, 9.17) is 4.42 Å². The Labute approximate surface area is 164 Å². The van der Waals surface area contributed by atoms with E-state index >= 15 is 0 Å². The van der Waals surface area contributed by atoms with Crippen molar-refractivity contribution in [2.24, 2.45) is 0 Å². The summed E-state index contributed by atoms with van der Waals surface area (Å²) in [4.78, 5) is 4.42. The first kappa shape index (κ1) is 17.8. The molecule has 0 N–H and O–H groups in total. The average molecular weight is 400 g/mol. The lowest BCUT2D eigenvalue weighted by Crippen LogP contribution is -2.06. The van der Waals surface area contributed by atoms with Gasteiger partial charge in [0.15, 0.2) is 5.82 Å². The topological polar surface area (TPSA) is 95.4 Å². The highest BCUT2D eigenvalue weighted by Crippen LogP contribution is 2.24. The molecule has 3 aromatic heterocycles. The van der Waals surface area contributed by atoms with Crippen molar-refractivity contribution in [2.75, 3.05) is 0 Å². The van der Waals surface area contributed by atoms with E-state index in [0.717, 1.165) is 33.3 Å². The maximum Gasteiger partial charge on any atom is 0.277 e. The molecule has 0 atom stereocenters. The molecule has 0 bridgehead atoms. The number of thioether (sulfide) groups is 1. The molecule has 4 aromatic rings. The monoisotopic (exact) mass is 399 g/mol. The van der Waals surface area contributed by atoms with Crippen LogP contribution in [0.1, 0.15) is 33.5 Å². The number of hydrogen-bond donors (Lipinski definition) is 0. The lowest BCUT2D eigenvalue weighted by Gasteiger charge is -2.10. The van der Waals surface area contributed by atoms with E-state index in [2.05, 4.69) is 30.7 Å². The van der Waals surface area contributed by atoms with Gasteiger partial charge in [-0.3, -0.25) is 0 Å². The van der Waals surface area contributed by atoms with Crippen LogP contribution in [0.25, 0.3) is 5.69 Å². The summed E-state index contributed by atoms with van der Waals surface area (Å²) < 4.78 is 7.49. The van der Waals surface area contributed by atoms with E-state index in [9.17, 15) is 0 Å². The highest BCUT2D eigenvalue weighted by molar-refractivity contribution is 7.98. The fraction of sp³-hybridized carbons (Fsp3) is 0.294. The summed E-state index contributed by atoms with van der Waals surface area (Å²) >= 11 is 3.02. The maximum absolute atomic E-state index is 5.72. The Morgan fingerprint density at radius 3 is 2.67 bits per heavy atom. The van der Waals surface area contributed by atoms with Crippen molar-refractivity contribution >= 4 is 23.1 Å². The van der Waals surface area contributed by atoms with Crippen LogP contribution in [0, 0.1) is 20.8 Å². The minimum atomic E-state index is 0.494. The van der Waals surface area contributed by atoms with Gasteiger partial charge in [-0.2, -0.15) is 4.68 Å². The van der Waals surface area contributed by atoms with Crippen molar-refractivity contribution in [1.29, 1.82) is 0 Å². The predicted molar refractivity (Wildman–Crippen MR) is 102 cm³/mol. The Morgan fingerprint density at radius 1 is 1.11 bits per heavy atom. The highest BCUT2D eigenvalue weighted by atomic mass is 32.2. The summed E-state index contributed by atoms with van der Waals surface area (Å²) in [6.45, 7) is 6.07. The minimum absolute atomic E-state index is 0.494. The molecule has 4 rings (SSSR count). The van der Waals surface area contributed by atoms with Crippen LogP contribution in [0.3, 0.4) is 0 Å². The Bertz CT molecular complexity index is 1050. The molecule has 0 aliphatic carbocycles. The number of thiazole rings is 1. The number of tetrazole rings is 1. The summed E-state index contributed by atoms with van der Waals surface area (Å²) in [5.41, 5.74) is 4.18. The average Bonchev–Trinajstić information content (AvgIpc) is 3.36. The fourth-order valence-electron chi connectivity index (χ4n) is 2.75. The van der Waals surface area contributed by atoms with E-state index < -0.39 is 0 Å². The molecule has 0 amide bonds. The van der Waals surface area contributed by atoms with Crippen molar-refractivity contribution in [2.45, 2.75) is 38.2 Å². The van der Waals surface area contributed by atoms with Crippen LogP contribution in [0.2, 0.25) is 0 Å². The summed E-state index contributed by atoms with van der Waals surface area (Å²) in [5, 5.41) is 23.9. The number of rotatable bonds is 6. The zero-order chi connectivity index (χ0) is 18.8. The summed E-state index contributed by atoms with van der Waals surface area (Å²) in [7, 11) is 0. The SMILES string of the molecule is Cc1nc(Cc2nnc(SCc3nnnn3-c3c(C)cccc3C)o2)cs1. The molecule has 0 radical (unpaired) electrons. The van der Waals surface area contributed by atoms with Crippen LogP contribution in [0.5, 0.6) is 0 Å². The fourth-order valence-corrected chi connectivity index (χ4v) is 4.05. The summed E-state index contributed by atoms with van der Waals surface area (Å²) in [6.07, 6.45) is 0.540. The van der Waals surface area contributed by atoms with E-state index in [1.54, 1.807) is 16.0 Å². The van der Waals surface area contributed by atoms with Crippen LogP contribution in [-0.2, 0) is 12.2 Å². The van der Waals surface area contributed by atoms with Gasteiger partial charge >= 0.3 is 0 Å².